The Hall–Kier alpha value is -2.15. The summed E-state index contributed by atoms with van der Waals surface area (Å²) in [5.74, 6) is 0.495. The van der Waals surface area contributed by atoms with E-state index in [1.165, 1.54) is 10.7 Å². The van der Waals surface area contributed by atoms with Gasteiger partial charge in [0, 0.05) is 31.5 Å². The first-order valence-corrected chi connectivity index (χ1v) is 6.65. The zero-order valence-electron chi connectivity index (χ0n) is 11.3. The van der Waals surface area contributed by atoms with Crippen LogP contribution in [0.3, 0.4) is 0 Å². The maximum absolute atomic E-state index is 11.8. The van der Waals surface area contributed by atoms with Crippen LogP contribution in [0.1, 0.15) is 12.8 Å². The zero-order chi connectivity index (χ0) is 14.2. The molecule has 0 radical (unpaired) electrons. The number of hydrogen-bond donors (Lipinski definition) is 1. The second-order valence-electron chi connectivity index (χ2n) is 4.40. The molecule has 0 aliphatic heterocycles. The highest BCUT2D eigenvalue weighted by molar-refractivity contribution is 5.13. The van der Waals surface area contributed by atoms with E-state index in [0.717, 1.165) is 19.4 Å². The number of aromatic nitrogens is 4. The molecular weight excluding hydrogens is 258 g/mol. The Morgan fingerprint density at radius 3 is 2.90 bits per heavy atom. The van der Waals surface area contributed by atoms with E-state index < -0.39 is 0 Å². The van der Waals surface area contributed by atoms with Crippen LogP contribution in [-0.2, 0) is 13.1 Å². The van der Waals surface area contributed by atoms with Crippen LogP contribution in [0.4, 0.5) is 0 Å². The lowest BCUT2D eigenvalue weighted by atomic mass is 10.4. The quantitative estimate of drug-likeness (QED) is 0.699. The fourth-order valence-corrected chi connectivity index (χ4v) is 1.76. The highest BCUT2D eigenvalue weighted by Crippen LogP contribution is 2.04. The van der Waals surface area contributed by atoms with Crippen LogP contribution in [0.25, 0.3) is 0 Å². The number of ether oxygens (including phenoxy) is 1. The van der Waals surface area contributed by atoms with Gasteiger partial charge in [-0.1, -0.05) is 0 Å². The Morgan fingerprint density at radius 1 is 1.30 bits per heavy atom. The van der Waals surface area contributed by atoms with E-state index in [4.69, 9.17) is 10.5 Å². The Morgan fingerprint density at radius 2 is 2.20 bits per heavy atom. The van der Waals surface area contributed by atoms with Gasteiger partial charge in [-0.15, -0.1) is 0 Å². The number of rotatable bonds is 8. The molecule has 0 spiro atoms. The lowest BCUT2D eigenvalue weighted by molar-refractivity contribution is 0.309. The summed E-state index contributed by atoms with van der Waals surface area (Å²) in [5.41, 5.74) is 5.22. The summed E-state index contributed by atoms with van der Waals surface area (Å²) < 4.78 is 8.78. The summed E-state index contributed by atoms with van der Waals surface area (Å²) in [6, 6.07) is 1.46. The average Bonchev–Trinajstić information content (AvgIpc) is 2.95. The van der Waals surface area contributed by atoms with Gasteiger partial charge in [-0.25, -0.2) is 9.67 Å². The van der Waals surface area contributed by atoms with Crippen LogP contribution in [0.5, 0.6) is 5.75 Å². The van der Waals surface area contributed by atoms with Crippen LogP contribution in [0.2, 0.25) is 0 Å². The Balaban J connectivity index is 1.84. The molecule has 0 fully saturated rings. The molecule has 0 unspecified atom stereocenters. The summed E-state index contributed by atoms with van der Waals surface area (Å²) in [4.78, 5) is 15.8. The number of hydrogen-bond acceptors (Lipinski definition) is 5. The Bertz CT molecular complexity index is 564. The van der Waals surface area contributed by atoms with E-state index in [1.807, 2.05) is 10.8 Å². The third-order valence-corrected chi connectivity index (χ3v) is 2.81. The number of aryl methyl sites for hydroxylation is 2. The van der Waals surface area contributed by atoms with Gasteiger partial charge < -0.3 is 15.0 Å². The SMILES string of the molecule is NCCCOc1cnn(CCCn2ccnc2)c(=O)c1. The molecule has 108 valence electrons. The van der Waals surface area contributed by atoms with Crippen molar-refractivity contribution in [2.24, 2.45) is 5.73 Å². The molecule has 0 saturated heterocycles. The highest BCUT2D eigenvalue weighted by Gasteiger charge is 2.01. The van der Waals surface area contributed by atoms with Crippen LogP contribution in [0.15, 0.2) is 35.8 Å². The summed E-state index contributed by atoms with van der Waals surface area (Å²) in [5, 5.41) is 4.10. The van der Waals surface area contributed by atoms with Crippen molar-refractivity contribution >= 4 is 0 Å². The highest BCUT2D eigenvalue weighted by atomic mass is 16.5. The molecule has 0 atom stereocenters. The fourth-order valence-electron chi connectivity index (χ4n) is 1.76. The van der Waals surface area contributed by atoms with E-state index >= 15 is 0 Å². The predicted octanol–water partition coefficient (Wildman–Crippen LogP) is 0.258. The number of nitrogens with two attached hydrogens (primary N) is 1. The van der Waals surface area contributed by atoms with Crippen molar-refractivity contribution in [3.63, 3.8) is 0 Å². The molecule has 0 aliphatic carbocycles. The van der Waals surface area contributed by atoms with E-state index in [9.17, 15) is 4.79 Å². The van der Waals surface area contributed by atoms with Crippen molar-refractivity contribution in [3.8, 4) is 5.75 Å². The predicted molar refractivity (Wildman–Crippen MR) is 74.5 cm³/mol. The largest absolute Gasteiger partial charge is 0.492 e. The summed E-state index contributed by atoms with van der Waals surface area (Å²) >= 11 is 0. The molecule has 0 bridgehead atoms. The minimum Gasteiger partial charge on any atom is -0.492 e. The second-order valence-corrected chi connectivity index (χ2v) is 4.40. The lowest BCUT2D eigenvalue weighted by Crippen LogP contribution is -2.23. The maximum Gasteiger partial charge on any atom is 0.270 e. The van der Waals surface area contributed by atoms with Crippen LogP contribution >= 0.6 is 0 Å². The zero-order valence-corrected chi connectivity index (χ0v) is 11.3. The van der Waals surface area contributed by atoms with Crippen LogP contribution in [0, 0.1) is 0 Å². The van der Waals surface area contributed by atoms with Gasteiger partial charge in [0.25, 0.3) is 5.56 Å². The topological polar surface area (TPSA) is 88.0 Å². The molecule has 0 saturated carbocycles. The van der Waals surface area contributed by atoms with E-state index in [2.05, 4.69) is 10.1 Å². The first-order valence-electron chi connectivity index (χ1n) is 6.65. The molecule has 2 N–H and O–H groups in total. The van der Waals surface area contributed by atoms with Gasteiger partial charge in [0.15, 0.2) is 0 Å². The monoisotopic (exact) mass is 277 g/mol. The van der Waals surface area contributed by atoms with Crippen molar-refractivity contribution in [1.82, 2.24) is 19.3 Å². The molecular formula is C13H19N5O2. The van der Waals surface area contributed by atoms with Crippen molar-refractivity contribution in [2.75, 3.05) is 13.2 Å². The first-order chi connectivity index (χ1) is 9.79. The van der Waals surface area contributed by atoms with Gasteiger partial charge in [0.1, 0.15) is 5.75 Å². The number of imidazole rings is 1. The Kier molecular flexibility index (Phi) is 5.31. The van der Waals surface area contributed by atoms with Gasteiger partial charge in [-0.2, -0.15) is 5.10 Å². The van der Waals surface area contributed by atoms with E-state index in [0.29, 0.717) is 25.4 Å². The summed E-state index contributed by atoms with van der Waals surface area (Å²) in [6.07, 6.45) is 8.52. The van der Waals surface area contributed by atoms with Crippen molar-refractivity contribution in [3.05, 3.63) is 41.3 Å². The lowest BCUT2D eigenvalue weighted by Gasteiger charge is -2.07. The van der Waals surface area contributed by atoms with E-state index in [-0.39, 0.29) is 5.56 Å². The van der Waals surface area contributed by atoms with Gasteiger partial charge in [-0.3, -0.25) is 4.79 Å². The van der Waals surface area contributed by atoms with Crippen molar-refractivity contribution < 1.29 is 4.74 Å². The fraction of sp³-hybridized carbons (Fsp3) is 0.462. The van der Waals surface area contributed by atoms with Crippen molar-refractivity contribution in [1.29, 1.82) is 0 Å². The Labute approximate surface area is 117 Å². The standard InChI is InChI=1S/C13H19N5O2/c14-3-1-8-20-12-9-13(19)18(16-10-12)6-2-5-17-7-4-15-11-17/h4,7,9-11H,1-3,5-6,8,14H2. The molecule has 2 rings (SSSR count). The summed E-state index contributed by atoms with van der Waals surface area (Å²) in [6.45, 7) is 2.45. The van der Waals surface area contributed by atoms with Crippen LogP contribution in [-0.4, -0.2) is 32.5 Å². The van der Waals surface area contributed by atoms with E-state index in [1.54, 1.807) is 18.7 Å². The molecule has 20 heavy (non-hydrogen) atoms. The molecule has 0 amide bonds. The summed E-state index contributed by atoms with van der Waals surface area (Å²) in [7, 11) is 0. The van der Waals surface area contributed by atoms with Crippen LogP contribution < -0.4 is 16.0 Å². The molecule has 7 nitrogen and oxygen atoms in total. The normalized spacial score (nSPS) is 10.7. The molecule has 7 heteroatoms. The van der Waals surface area contributed by atoms with Gasteiger partial charge in [0.05, 0.1) is 19.1 Å². The smallest absolute Gasteiger partial charge is 0.270 e. The van der Waals surface area contributed by atoms with Gasteiger partial charge in [-0.05, 0) is 19.4 Å². The maximum atomic E-state index is 11.8. The minimum atomic E-state index is -0.152. The minimum absolute atomic E-state index is 0.152. The molecule has 2 heterocycles. The van der Waals surface area contributed by atoms with Gasteiger partial charge in [0.2, 0.25) is 0 Å². The second kappa shape index (κ2) is 7.44. The van der Waals surface area contributed by atoms with Gasteiger partial charge >= 0.3 is 0 Å². The molecule has 2 aromatic rings. The molecule has 0 aliphatic rings. The number of nitrogens with zero attached hydrogens (tertiary/aromatic N) is 4. The average molecular weight is 277 g/mol. The van der Waals surface area contributed by atoms with Crippen molar-refractivity contribution in [2.45, 2.75) is 25.9 Å². The first kappa shape index (κ1) is 14.3. The third kappa shape index (κ3) is 4.20. The molecule has 2 aromatic heterocycles. The third-order valence-electron chi connectivity index (χ3n) is 2.81. The molecule has 0 aromatic carbocycles.